The summed E-state index contributed by atoms with van der Waals surface area (Å²) in [5.74, 6) is -1.93. The van der Waals surface area contributed by atoms with Crippen LogP contribution in [0.3, 0.4) is 0 Å². The number of benzene rings is 1. The minimum absolute atomic E-state index is 0.406. The van der Waals surface area contributed by atoms with E-state index in [2.05, 4.69) is 4.98 Å². The van der Waals surface area contributed by atoms with Crippen molar-refractivity contribution in [3.63, 3.8) is 0 Å². The van der Waals surface area contributed by atoms with Gasteiger partial charge < -0.3 is 5.11 Å². The van der Waals surface area contributed by atoms with Crippen molar-refractivity contribution in [3.8, 4) is 0 Å². The van der Waals surface area contributed by atoms with E-state index in [0.717, 1.165) is 18.5 Å². The zero-order chi connectivity index (χ0) is 14.9. The molecular formula is C13H8F5NO. The van der Waals surface area contributed by atoms with Crippen molar-refractivity contribution in [2.24, 2.45) is 0 Å². The van der Waals surface area contributed by atoms with E-state index < -0.39 is 40.6 Å². The third kappa shape index (κ3) is 2.77. The molecule has 2 rings (SSSR count). The van der Waals surface area contributed by atoms with Gasteiger partial charge in [-0.3, -0.25) is 4.98 Å². The van der Waals surface area contributed by atoms with Crippen LogP contribution in [-0.4, -0.2) is 10.1 Å². The number of halogens is 5. The second-order valence-corrected chi connectivity index (χ2v) is 4.03. The molecule has 7 heteroatoms. The number of pyridine rings is 1. The van der Waals surface area contributed by atoms with Crippen molar-refractivity contribution in [1.29, 1.82) is 0 Å². The van der Waals surface area contributed by atoms with E-state index in [4.69, 9.17) is 0 Å². The summed E-state index contributed by atoms with van der Waals surface area (Å²) >= 11 is 0. The van der Waals surface area contributed by atoms with Crippen LogP contribution in [0.4, 0.5) is 22.0 Å². The molecule has 0 radical (unpaired) electrons. The molecule has 1 N–H and O–H groups in total. The summed E-state index contributed by atoms with van der Waals surface area (Å²) in [6, 6.07) is 2.70. The third-order valence-electron chi connectivity index (χ3n) is 2.71. The van der Waals surface area contributed by atoms with Gasteiger partial charge in [-0.15, -0.1) is 0 Å². The summed E-state index contributed by atoms with van der Waals surface area (Å²) in [6.45, 7) is 0. The Balaban J connectivity index is 2.57. The number of aliphatic hydroxyl groups excluding tert-OH is 1. The van der Waals surface area contributed by atoms with Gasteiger partial charge in [-0.1, -0.05) is 0 Å². The highest BCUT2D eigenvalue weighted by Crippen LogP contribution is 2.37. The Labute approximate surface area is 110 Å². The first kappa shape index (κ1) is 14.4. The Morgan fingerprint density at radius 2 is 1.75 bits per heavy atom. The van der Waals surface area contributed by atoms with E-state index in [1.54, 1.807) is 0 Å². The Morgan fingerprint density at radius 1 is 1.05 bits per heavy atom. The fourth-order valence-corrected chi connectivity index (χ4v) is 1.79. The number of aliphatic hydroxyl groups is 1. The molecule has 0 aliphatic heterocycles. The molecule has 1 heterocycles. The van der Waals surface area contributed by atoms with Crippen LogP contribution in [0.1, 0.15) is 22.8 Å². The number of aromatic nitrogens is 1. The van der Waals surface area contributed by atoms with Gasteiger partial charge >= 0.3 is 6.18 Å². The maximum atomic E-state index is 13.5. The summed E-state index contributed by atoms with van der Waals surface area (Å²) in [5, 5.41) is 9.91. The summed E-state index contributed by atoms with van der Waals surface area (Å²) in [5.41, 5.74) is -2.37. The monoisotopic (exact) mass is 289 g/mol. The van der Waals surface area contributed by atoms with Crippen molar-refractivity contribution < 1.29 is 27.1 Å². The van der Waals surface area contributed by atoms with Gasteiger partial charge in [0.15, 0.2) is 0 Å². The lowest BCUT2D eigenvalue weighted by Gasteiger charge is -2.18. The van der Waals surface area contributed by atoms with Gasteiger partial charge in [0.2, 0.25) is 0 Å². The van der Waals surface area contributed by atoms with Gasteiger partial charge in [-0.2, -0.15) is 13.2 Å². The first-order valence-electron chi connectivity index (χ1n) is 5.45. The third-order valence-corrected chi connectivity index (χ3v) is 2.71. The van der Waals surface area contributed by atoms with E-state index in [-0.39, 0.29) is 0 Å². The fraction of sp³-hybridized carbons (Fsp3) is 0.154. The summed E-state index contributed by atoms with van der Waals surface area (Å²) in [7, 11) is 0. The molecule has 2 aromatic rings. The topological polar surface area (TPSA) is 33.1 Å². The highest BCUT2D eigenvalue weighted by Gasteiger charge is 2.36. The van der Waals surface area contributed by atoms with Crippen LogP contribution >= 0.6 is 0 Å². The maximum absolute atomic E-state index is 13.5. The van der Waals surface area contributed by atoms with Gasteiger partial charge in [0.05, 0.1) is 11.8 Å². The van der Waals surface area contributed by atoms with E-state index in [0.29, 0.717) is 18.2 Å². The number of hydrogen-bond acceptors (Lipinski definition) is 2. The van der Waals surface area contributed by atoms with Crippen molar-refractivity contribution >= 4 is 0 Å². The lowest BCUT2D eigenvalue weighted by Crippen LogP contribution is -2.14. The molecule has 1 aromatic carbocycles. The largest absolute Gasteiger partial charge is 0.416 e. The van der Waals surface area contributed by atoms with Crippen LogP contribution < -0.4 is 0 Å². The van der Waals surface area contributed by atoms with Crippen LogP contribution in [0.2, 0.25) is 0 Å². The molecule has 106 valence electrons. The molecule has 1 aromatic heterocycles. The normalized spacial score (nSPS) is 13.3. The lowest BCUT2D eigenvalue weighted by atomic mass is 9.96. The Morgan fingerprint density at radius 3 is 2.35 bits per heavy atom. The second kappa shape index (κ2) is 5.16. The minimum atomic E-state index is -4.78. The molecule has 0 aliphatic rings. The van der Waals surface area contributed by atoms with Crippen LogP contribution in [0.5, 0.6) is 0 Å². The van der Waals surface area contributed by atoms with Gasteiger partial charge in [-0.05, 0) is 24.3 Å². The summed E-state index contributed by atoms with van der Waals surface area (Å²) in [4.78, 5) is 3.43. The van der Waals surface area contributed by atoms with E-state index in [1.165, 1.54) is 0 Å². The molecule has 0 saturated carbocycles. The van der Waals surface area contributed by atoms with Crippen molar-refractivity contribution in [3.05, 3.63) is 65.0 Å². The standard InChI is InChI=1S/C13H8F5NO/c14-7-1-2-10(13(16,17)18)9(5-7)12(20)8-3-4-19-6-11(8)15/h1-6,12,20H. The lowest BCUT2D eigenvalue weighted by molar-refractivity contribution is -0.139. The number of alkyl halides is 3. The molecule has 0 aliphatic carbocycles. The van der Waals surface area contributed by atoms with Crippen LogP contribution in [0, 0.1) is 11.6 Å². The van der Waals surface area contributed by atoms with Crippen LogP contribution in [-0.2, 0) is 6.18 Å². The SMILES string of the molecule is OC(c1ccncc1F)c1cc(F)ccc1C(F)(F)F. The molecule has 1 unspecified atom stereocenters. The highest BCUT2D eigenvalue weighted by molar-refractivity contribution is 5.37. The number of rotatable bonds is 2. The van der Waals surface area contributed by atoms with Gasteiger partial charge in [-0.25, -0.2) is 8.78 Å². The first-order chi connectivity index (χ1) is 9.30. The maximum Gasteiger partial charge on any atom is 0.416 e. The van der Waals surface area contributed by atoms with E-state index >= 15 is 0 Å². The second-order valence-electron chi connectivity index (χ2n) is 4.03. The molecule has 0 amide bonds. The molecule has 20 heavy (non-hydrogen) atoms. The van der Waals surface area contributed by atoms with Crippen molar-refractivity contribution in [1.82, 2.24) is 4.98 Å². The summed E-state index contributed by atoms with van der Waals surface area (Å²) in [6.07, 6.45) is -4.85. The molecule has 0 bridgehead atoms. The van der Waals surface area contributed by atoms with Gasteiger partial charge in [0.25, 0.3) is 0 Å². The molecule has 2 nitrogen and oxygen atoms in total. The molecule has 0 spiro atoms. The zero-order valence-electron chi connectivity index (χ0n) is 9.83. The average Bonchev–Trinajstić information content (AvgIpc) is 2.37. The van der Waals surface area contributed by atoms with Crippen molar-refractivity contribution in [2.75, 3.05) is 0 Å². The fourth-order valence-electron chi connectivity index (χ4n) is 1.79. The predicted octanol–water partition coefficient (Wildman–Crippen LogP) is 3.46. The van der Waals surface area contributed by atoms with E-state index in [1.807, 2.05) is 0 Å². The molecule has 0 saturated heterocycles. The quantitative estimate of drug-likeness (QED) is 0.859. The Kier molecular flexibility index (Phi) is 3.71. The zero-order valence-corrected chi connectivity index (χ0v) is 9.83. The highest BCUT2D eigenvalue weighted by atomic mass is 19.4. The smallest absolute Gasteiger partial charge is 0.384 e. The average molecular weight is 289 g/mol. The molecule has 0 fully saturated rings. The predicted molar refractivity (Wildman–Crippen MR) is 59.7 cm³/mol. The first-order valence-corrected chi connectivity index (χ1v) is 5.45. The van der Waals surface area contributed by atoms with Crippen LogP contribution in [0.25, 0.3) is 0 Å². The van der Waals surface area contributed by atoms with Gasteiger partial charge in [0.1, 0.15) is 17.7 Å². The van der Waals surface area contributed by atoms with Gasteiger partial charge in [0, 0.05) is 17.3 Å². The summed E-state index contributed by atoms with van der Waals surface area (Å²) < 4.78 is 65.0. The molecule has 1 atom stereocenters. The van der Waals surface area contributed by atoms with Crippen LogP contribution in [0.15, 0.2) is 36.7 Å². The van der Waals surface area contributed by atoms with E-state index in [9.17, 15) is 27.1 Å². The molecular weight excluding hydrogens is 281 g/mol. The Bertz CT molecular complexity index is 626. The number of hydrogen-bond donors (Lipinski definition) is 1. The Hall–Kier alpha value is -2.02. The van der Waals surface area contributed by atoms with Crippen molar-refractivity contribution in [2.45, 2.75) is 12.3 Å². The minimum Gasteiger partial charge on any atom is -0.384 e. The number of nitrogens with zero attached hydrogens (tertiary/aromatic N) is 1.